The lowest BCUT2D eigenvalue weighted by molar-refractivity contribution is -0.124. The molecule has 3 nitrogen and oxygen atoms in total. The van der Waals surface area contributed by atoms with Crippen molar-refractivity contribution in [3.8, 4) is 0 Å². The molecule has 0 aliphatic heterocycles. The molecule has 3 N–H and O–H groups in total. The lowest BCUT2D eigenvalue weighted by atomic mass is 9.99. The van der Waals surface area contributed by atoms with Crippen molar-refractivity contribution >= 4 is 17.7 Å². The molecule has 1 aliphatic rings. The van der Waals surface area contributed by atoms with E-state index < -0.39 is 0 Å². The standard InChI is InChI=1S/C13H26N2OS/c1-4-9(3)12(14)13(16)15-10-7-6-8-11(10)17-5-2/h9-12H,4-8,14H2,1-3H3,(H,15,16)/t9-,10?,11?,12-/m0/s1. The molecule has 0 spiro atoms. The van der Waals surface area contributed by atoms with E-state index in [9.17, 15) is 4.79 Å². The van der Waals surface area contributed by atoms with Crippen LogP contribution in [-0.4, -0.2) is 29.0 Å². The van der Waals surface area contributed by atoms with Gasteiger partial charge >= 0.3 is 0 Å². The molecule has 0 saturated heterocycles. The maximum Gasteiger partial charge on any atom is 0.237 e. The van der Waals surface area contributed by atoms with Crippen molar-refractivity contribution in [1.29, 1.82) is 0 Å². The maximum absolute atomic E-state index is 12.0. The molecule has 1 rings (SSSR count). The summed E-state index contributed by atoms with van der Waals surface area (Å²) in [5.74, 6) is 1.41. The van der Waals surface area contributed by atoms with Gasteiger partial charge in [-0.3, -0.25) is 4.79 Å². The van der Waals surface area contributed by atoms with Crippen LogP contribution in [0.5, 0.6) is 0 Å². The van der Waals surface area contributed by atoms with Crippen molar-refractivity contribution in [3.63, 3.8) is 0 Å². The minimum Gasteiger partial charge on any atom is -0.351 e. The van der Waals surface area contributed by atoms with E-state index in [1.807, 2.05) is 18.7 Å². The third-order valence-corrected chi connectivity index (χ3v) is 5.05. The van der Waals surface area contributed by atoms with Crippen LogP contribution in [0, 0.1) is 5.92 Å². The summed E-state index contributed by atoms with van der Waals surface area (Å²) in [7, 11) is 0. The van der Waals surface area contributed by atoms with Gasteiger partial charge in [-0.25, -0.2) is 0 Å². The molecule has 100 valence electrons. The summed E-state index contributed by atoms with van der Waals surface area (Å²) < 4.78 is 0. The van der Waals surface area contributed by atoms with Gasteiger partial charge in [-0.1, -0.05) is 33.6 Å². The van der Waals surface area contributed by atoms with Crippen LogP contribution < -0.4 is 11.1 Å². The van der Waals surface area contributed by atoms with Crippen LogP contribution in [0.25, 0.3) is 0 Å². The Labute approximate surface area is 109 Å². The van der Waals surface area contributed by atoms with Crippen LogP contribution in [-0.2, 0) is 4.79 Å². The van der Waals surface area contributed by atoms with Gasteiger partial charge in [0.05, 0.1) is 6.04 Å². The van der Waals surface area contributed by atoms with E-state index in [4.69, 9.17) is 5.73 Å². The van der Waals surface area contributed by atoms with E-state index in [2.05, 4.69) is 19.2 Å². The highest BCUT2D eigenvalue weighted by molar-refractivity contribution is 7.99. The SMILES string of the molecule is CCSC1CCCC1NC(=O)[C@@H](N)[C@@H](C)CC. The number of thioether (sulfide) groups is 1. The molecule has 1 amide bonds. The number of nitrogens with one attached hydrogen (secondary N) is 1. The van der Waals surface area contributed by atoms with Gasteiger partial charge < -0.3 is 11.1 Å². The molecule has 4 atom stereocenters. The summed E-state index contributed by atoms with van der Waals surface area (Å²) in [6.07, 6.45) is 4.51. The highest BCUT2D eigenvalue weighted by atomic mass is 32.2. The molecule has 0 aromatic rings. The van der Waals surface area contributed by atoms with Gasteiger partial charge in [0.2, 0.25) is 5.91 Å². The molecule has 2 unspecified atom stereocenters. The predicted molar refractivity (Wildman–Crippen MR) is 75.1 cm³/mol. The molecule has 0 radical (unpaired) electrons. The van der Waals surface area contributed by atoms with Crippen molar-refractivity contribution in [2.75, 3.05) is 5.75 Å². The van der Waals surface area contributed by atoms with Crippen LogP contribution in [0.15, 0.2) is 0 Å². The minimum absolute atomic E-state index is 0.0351. The second-order valence-electron chi connectivity index (χ2n) is 4.95. The van der Waals surface area contributed by atoms with E-state index in [1.54, 1.807) is 0 Å². The molecule has 0 aromatic heterocycles. The van der Waals surface area contributed by atoms with E-state index in [-0.39, 0.29) is 17.9 Å². The lowest BCUT2D eigenvalue weighted by Gasteiger charge is -2.24. The number of hydrogen-bond acceptors (Lipinski definition) is 3. The fraction of sp³-hybridized carbons (Fsp3) is 0.923. The maximum atomic E-state index is 12.0. The molecule has 0 aromatic carbocycles. The normalized spacial score (nSPS) is 27.8. The zero-order chi connectivity index (χ0) is 12.8. The van der Waals surface area contributed by atoms with E-state index >= 15 is 0 Å². The molecule has 0 bridgehead atoms. The molecule has 0 heterocycles. The lowest BCUT2D eigenvalue weighted by Crippen LogP contribution is -2.49. The Balaban J connectivity index is 2.44. The highest BCUT2D eigenvalue weighted by Crippen LogP contribution is 2.29. The number of carbonyl (C=O) groups is 1. The zero-order valence-electron chi connectivity index (χ0n) is 11.2. The summed E-state index contributed by atoms with van der Waals surface area (Å²) >= 11 is 1.96. The van der Waals surface area contributed by atoms with Crippen LogP contribution in [0.1, 0.15) is 46.5 Å². The molecular formula is C13H26N2OS. The molecule has 1 aliphatic carbocycles. The summed E-state index contributed by atoms with van der Waals surface area (Å²) in [4.78, 5) is 12.0. The average molecular weight is 258 g/mol. The van der Waals surface area contributed by atoms with Crippen molar-refractivity contribution in [2.45, 2.75) is 63.8 Å². The second kappa shape index (κ2) is 7.27. The summed E-state index contributed by atoms with van der Waals surface area (Å²) in [5.41, 5.74) is 5.95. The van der Waals surface area contributed by atoms with Gasteiger partial charge in [0.1, 0.15) is 0 Å². The molecule has 17 heavy (non-hydrogen) atoms. The zero-order valence-corrected chi connectivity index (χ0v) is 12.1. The smallest absolute Gasteiger partial charge is 0.237 e. The first kappa shape index (κ1) is 14.8. The summed E-state index contributed by atoms with van der Waals surface area (Å²) in [5, 5.41) is 3.73. The van der Waals surface area contributed by atoms with Gasteiger partial charge in [-0.05, 0) is 24.5 Å². The first-order chi connectivity index (χ1) is 8.10. The number of rotatable bonds is 6. The monoisotopic (exact) mass is 258 g/mol. The Morgan fingerprint density at radius 3 is 2.76 bits per heavy atom. The van der Waals surface area contributed by atoms with Crippen LogP contribution in [0.2, 0.25) is 0 Å². The van der Waals surface area contributed by atoms with Crippen molar-refractivity contribution < 1.29 is 4.79 Å². The topological polar surface area (TPSA) is 55.1 Å². The molecule has 1 saturated carbocycles. The number of amides is 1. The Morgan fingerprint density at radius 1 is 1.47 bits per heavy atom. The predicted octanol–water partition coefficient (Wildman–Crippen LogP) is 2.15. The average Bonchev–Trinajstić information content (AvgIpc) is 2.75. The largest absolute Gasteiger partial charge is 0.351 e. The number of nitrogens with two attached hydrogens (primary N) is 1. The van der Waals surface area contributed by atoms with Gasteiger partial charge in [-0.2, -0.15) is 11.8 Å². The Hall–Kier alpha value is -0.220. The van der Waals surface area contributed by atoms with E-state index in [0.29, 0.717) is 11.3 Å². The Kier molecular flexibility index (Phi) is 6.34. The number of carbonyl (C=O) groups excluding carboxylic acids is 1. The molecule has 4 heteroatoms. The first-order valence-electron chi connectivity index (χ1n) is 6.77. The summed E-state index contributed by atoms with van der Waals surface area (Å²) in [6.45, 7) is 6.28. The minimum atomic E-state index is -0.354. The van der Waals surface area contributed by atoms with E-state index in [1.165, 1.54) is 12.8 Å². The quantitative estimate of drug-likeness (QED) is 0.767. The van der Waals surface area contributed by atoms with Crippen molar-refractivity contribution in [2.24, 2.45) is 11.7 Å². The van der Waals surface area contributed by atoms with E-state index in [0.717, 1.165) is 18.6 Å². The summed E-state index contributed by atoms with van der Waals surface area (Å²) in [6, 6.07) is -0.0181. The highest BCUT2D eigenvalue weighted by Gasteiger charge is 2.30. The van der Waals surface area contributed by atoms with Crippen LogP contribution in [0.4, 0.5) is 0 Å². The Morgan fingerprint density at radius 2 is 2.18 bits per heavy atom. The third-order valence-electron chi connectivity index (χ3n) is 3.72. The van der Waals surface area contributed by atoms with Gasteiger partial charge in [0.15, 0.2) is 0 Å². The van der Waals surface area contributed by atoms with Crippen LogP contribution >= 0.6 is 11.8 Å². The third kappa shape index (κ3) is 4.18. The molecular weight excluding hydrogens is 232 g/mol. The van der Waals surface area contributed by atoms with Gasteiger partial charge in [0, 0.05) is 11.3 Å². The van der Waals surface area contributed by atoms with Crippen molar-refractivity contribution in [1.82, 2.24) is 5.32 Å². The fourth-order valence-electron chi connectivity index (χ4n) is 2.30. The van der Waals surface area contributed by atoms with Crippen LogP contribution in [0.3, 0.4) is 0 Å². The molecule has 1 fully saturated rings. The Bertz CT molecular complexity index is 248. The first-order valence-corrected chi connectivity index (χ1v) is 7.82. The van der Waals surface area contributed by atoms with Gasteiger partial charge in [0.25, 0.3) is 0 Å². The van der Waals surface area contributed by atoms with Crippen molar-refractivity contribution in [3.05, 3.63) is 0 Å². The second-order valence-corrected chi connectivity index (χ2v) is 6.47. The van der Waals surface area contributed by atoms with Gasteiger partial charge in [-0.15, -0.1) is 0 Å². The fourth-order valence-corrected chi connectivity index (χ4v) is 3.49. The number of hydrogen-bond donors (Lipinski definition) is 2.